The lowest BCUT2D eigenvalue weighted by Crippen LogP contribution is -2.23. The third-order valence-electron chi connectivity index (χ3n) is 2.99. The minimum absolute atomic E-state index is 0.292. The first-order valence-corrected chi connectivity index (χ1v) is 7.87. The molecule has 2 rings (SSSR count). The topological polar surface area (TPSA) is 36.4 Å². The Balaban J connectivity index is 1.76. The SMILES string of the molecule is CN(CCc1ccc(O)c(Br)c1)CCc1nccs1. The second-order valence-electron chi connectivity index (χ2n) is 4.51. The average molecular weight is 341 g/mol. The molecule has 3 nitrogen and oxygen atoms in total. The monoisotopic (exact) mass is 340 g/mol. The molecule has 2 aromatic rings. The normalized spacial score (nSPS) is 11.1. The number of hydrogen-bond donors (Lipinski definition) is 1. The maximum absolute atomic E-state index is 9.45. The van der Waals surface area contributed by atoms with Crippen molar-refractivity contribution in [1.82, 2.24) is 9.88 Å². The largest absolute Gasteiger partial charge is 0.507 e. The van der Waals surface area contributed by atoms with E-state index in [4.69, 9.17) is 0 Å². The summed E-state index contributed by atoms with van der Waals surface area (Å²) in [7, 11) is 2.13. The van der Waals surface area contributed by atoms with Gasteiger partial charge >= 0.3 is 0 Å². The summed E-state index contributed by atoms with van der Waals surface area (Å²) in [6.07, 6.45) is 3.84. The number of phenols is 1. The average Bonchev–Trinajstić information content (AvgIpc) is 2.91. The Morgan fingerprint density at radius 2 is 2.11 bits per heavy atom. The second kappa shape index (κ2) is 7.03. The number of likely N-dealkylation sites (N-methyl/N-ethyl adjacent to an activating group) is 1. The van der Waals surface area contributed by atoms with Crippen LogP contribution >= 0.6 is 27.3 Å². The third-order valence-corrected chi connectivity index (χ3v) is 4.46. The highest BCUT2D eigenvalue weighted by Crippen LogP contribution is 2.24. The molecule has 5 heteroatoms. The lowest BCUT2D eigenvalue weighted by atomic mass is 10.1. The molecule has 1 aromatic heterocycles. The molecule has 1 aromatic carbocycles. The van der Waals surface area contributed by atoms with E-state index in [1.54, 1.807) is 17.4 Å². The number of aromatic nitrogens is 1. The summed E-state index contributed by atoms with van der Waals surface area (Å²) in [5.74, 6) is 0.292. The maximum Gasteiger partial charge on any atom is 0.129 e. The van der Waals surface area contributed by atoms with Crippen LogP contribution < -0.4 is 0 Å². The highest BCUT2D eigenvalue weighted by atomic mass is 79.9. The Morgan fingerprint density at radius 1 is 1.32 bits per heavy atom. The van der Waals surface area contributed by atoms with Crippen molar-refractivity contribution in [3.63, 3.8) is 0 Å². The minimum Gasteiger partial charge on any atom is -0.507 e. The smallest absolute Gasteiger partial charge is 0.129 e. The molecule has 0 spiro atoms. The van der Waals surface area contributed by atoms with E-state index in [0.29, 0.717) is 5.75 Å². The number of nitrogens with zero attached hydrogens (tertiary/aromatic N) is 2. The molecule has 0 aliphatic rings. The highest BCUT2D eigenvalue weighted by Gasteiger charge is 2.04. The molecule has 1 heterocycles. The second-order valence-corrected chi connectivity index (χ2v) is 6.35. The minimum atomic E-state index is 0.292. The third kappa shape index (κ3) is 4.60. The van der Waals surface area contributed by atoms with Crippen LogP contribution in [0, 0.1) is 0 Å². The highest BCUT2D eigenvalue weighted by molar-refractivity contribution is 9.10. The molecule has 0 aliphatic heterocycles. The molecular weight excluding hydrogens is 324 g/mol. The zero-order valence-corrected chi connectivity index (χ0v) is 13.2. The van der Waals surface area contributed by atoms with Crippen molar-refractivity contribution in [2.75, 3.05) is 20.1 Å². The molecule has 19 heavy (non-hydrogen) atoms. The number of benzene rings is 1. The first-order chi connectivity index (χ1) is 9.15. The van der Waals surface area contributed by atoms with Crippen LogP contribution in [0.2, 0.25) is 0 Å². The van der Waals surface area contributed by atoms with Gasteiger partial charge in [0.1, 0.15) is 5.75 Å². The summed E-state index contributed by atoms with van der Waals surface area (Å²) in [6, 6.07) is 5.67. The molecule has 0 atom stereocenters. The van der Waals surface area contributed by atoms with Gasteiger partial charge in [-0.25, -0.2) is 4.98 Å². The van der Waals surface area contributed by atoms with Crippen LogP contribution in [0.3, 0.4) is 0 Å². The standard InChI is InChI=1S/C14H17BrN2OS/c1-17(8-5-14-16-6-9-19-14)7-4-11-2-3-13(18)12(15)10-11/h2-3,6,9-10,18H,4-5,7-8H2,1H3. The van der Waals surface area contributed by atoms with Gasteiger partial charge in [-0.15, -0.1) is 11.3 Å². The van der Waals surface area contributed by atoms with E-state index in [-0.39, 0.29) is 0 Å². The van der Waals surface area contributed by atoms with Crippen molar-refractivity contribution in [3.8, 4) is 5.75 Å². The van der Waals surface area contributed by atoms with Gasteiger partial charge in [0.15, 0.2) is 0 Å². The van der Waals surface area contributed by atoms with Gasteiger partial charge < -0.3 is 10.0 Å². The summed E-state index contributed by atoms with van der Waals surface area (Å²) >= 11 is 5.05. The van der Waals surface area contributed by atoms with Crippen LogP contribution in [0.4, 0.5) is 0 Å². The van der Waals surface area contributed by atoms with E-state index < -0.39 is 0 Å². The molecule has 0 radical (unpaired) electrons. The number of phenolic OH excluding ortho intramolecular Hbond substituents is 1. The first-order valence-electron chi connectivity index (χ1n) is 6.19. The molecule has 1 N–H and O–H groups in total. The molecule has 0 fully saturated rings. The van der Waals surface area contributed by atoms with Crippen molar-refractivity contribution in [3.05, 3.63) is 44.8 Å². The molecule has 0 saturated heterocycles. The van der Waals surface area contributed by atoms with E-state index in [1.807, 2.05) is 23.7 Å². The van der Waals surface area contributed by atoms with Gasteiger partial charge in [0, 0.05) is 31.1 Å². The van der Waals surface area contributed by atoms with Crippen LogP contribution in [0.1, 0.15) is 10.6 Å². The van der Waals surface area contributed by atoms with Crippen molar-refractivity contribution >= 4 is 27.3 Å². The van der Waals surface area contributed by atoms with Gasteiger partial charge in [0.25, 0.3) is 0 Å². The number of aromatic hydroxyl groups is 1. The van der Waals surface area contributed by atoms with Crippen LogP contribution in [0.25, 0.3) is 0 Å². The quantitative estimate of drug-likeness (QED) is 0.876. The molecule has 0 saturated carbocycles. The molecular formula is C14H17BrN2OS. The number of thiazole rings is 1. The summed E-state index contributed by atoms with van der Waals surface area (Å²) < 4.78 is 0.760. The fourth-order valence-corrected chi connectivity index (χ4v) is 2.84. The van der Waals surface area contributed by atoms with Crippen molar-refractivity contribution < 1.29 is 5.11 Å². The van der Waals surface area contributed by atoms with Gasteiger partial charge in [0.05, 0.1) is 9.48 Å². The Hall–Kier alpha value is -0.910. The van der Waals surface area contributed by atoms with E-state index in [1.165, 1.54) is 10.6 Å². The van der Waals surface area contributed by atoms with Crippen LogP contribution in [-0.4, -0.2) is 35.1 Å². The van der Waals surface area contributed by atoms with Gasteiger partial charge in [-0.2, -0.15) is 0 Å². The number of hydrogen-bond acceptors (Lipinski definition) is 4. The van der Waals surface area contributed by atoms with Crippen LogP contribution in [0.15, 0.2) is 34.2 Å². The zero-order valence-electron chi connectivity index (χ0n) is 10.8. The van der Waals surface area contributed by atoms with Gasteiger partial charge in [0.2, 0.25) is 0 Å². The summed E-state index contributed by atoms with van der Waals surface area (Å²) in [5.41, 5.74) is 1.23. The maximum atomic E-state index is 9.45. The number of rotatable bonds is 6. The van der Waals surface area contributed by atoms with Gasteiger partial charge in [-0.05, 0) is 47.1 Å². The summed E-state index contributed by atoms with van der Waals surface area (Å²) in [6.45, 7) is 2.02. The molecule has 0 amide bonds. The lowest BCUT2D eigenvalue weighted by Gasteiger charge is -2.15. The lowest BCUT2D eigenvalue weighted by molar-refractivity contribution is 0.342. The van der Waals surface area contributed by atoms with E-state index >= 15 is 0 Å². The van der Waals surface area contributed by atoms with E-state index in [0.717, 1.165) is 30.4 Å². The van der Waals surface area contributed by atoms with Crippen molar-refractivity contribution in [2.45, 2.75) is 12.8 Å². The van der Waals surface area contributed by atoms with Crippen molar-refractivity contribution in [1.29, 1.82) is 0 Å². The first kappa shape index (κ1) is 14.5. The van der Waals surface area contributed by atoms with Gasteiger partial charge in [-0.3, -0.25) is 0 Å². The molecule has 0 unspecified atom stereocenters. The fraction of sp³-hybridized carbons (Fsp3) is 0.357. The fourth-order valence-electron chi connectivity index (χ4n) is 1.80. The summed E-state index contributed by atoms with van der Waals surface area (Å²) in [5, 5.41) is 12.7. The summed E-state index contributed by atoms with van der Waals surface area (Å²) in [4.78, 5) is 6.59. The zero-order chi connectivity index (χ0) is 13.7. The van der Waals surface area contributed by atoms with Gasteiger partial charge in [-0.1, -0.05) is 6.07 Å². The Labute approximate surface area is 126 Å². The Kier molecular flexibility index (Phi) is 5.36. The van der Waals surface area contributed by atoms with Crippen molar-refractivity contribution in [2.24, 2.45) is 0 Å². The predicted octanol–water partition coefficient (Wildman–Crippen LogP) is 3.33. The predicted molar refractivity (Wildman–Crippen MR) is 82.8 cm³/mol. The molecule has 0 aliphatic carbocycles. The van der Waals surface area contributed by atoms with E-state index in [2.05, 4.69) is 32.9 Å². The molecule has 0 bridgehead atoms. The van der Waals surface area contributed by atoms with E-state index in [9.17, 15) is 5.11 Å². The molecule has 102 valence electrons. The van der Waals surface area contributed by atoms with Crippen LogP contribution in [-0.2, 0) is 12.8 Å². The van der Waals surface area contributed by atoms with Crippen LogP contribution in [0.5, 0.6) is 5.75 Å². The Bertz CT molecular complexity index is 516. The number of halogens is 1. The Morgan fingerprint density at radius 3 is 2.79 bits per heavy atom.